The Balaban J connectivity index is 1.99. The van der Waals surface area contributed by atoms with E-state index in [9.17, 15) is 24.7 Å². The first-order valence-corrected chi connectivity index (χ1v) is 7.94. The number of aliphatic hydroxyl groups excluding tert-OH is 2. The van der Waals surface area contributed by atoms with E-state index in [0.717, 1.165) is 5.56 Å². The standard InChI is InChI=1S/C18H21FN2O4/c1-12(10-13-2-6-15(19)7-3-13)20-17(11-22)18(23)14-4-8-16(9-5-14)21(24)25/h2-9,12,17-18,20,22-23H,10-11H2,1H3. The van der Waals surface area contributed by atoms with Crippen LogP contribution in [0.1, 0.15) is 24.2 Å². The summed E-state index contributed by atoms with van der Waals surface area (Å²) in [6, 6.07) is 11.0. The maximum Gasteiger partial charge on any atom is 0.269 e. The van der Waals surface area contributed by atoms with Gasteiger partial charge in [-0.15, -0.1) is 0 Å². The van der Waals surface area contributed by atoms with Crippen molar-refractivity contribution in [2.75, 3.05) is 6.61 Å². The zero-order valence-corrected chi connectivity index (χ0v) is 13.8. The molecule has 0 aromatic heterocycles. The van der Waals surface area contributed by atoms with Gasteiger partial charge < -0.3 is 15.5 Å². The van der Waals surface area contributed by atoms with Gasteiger partial charge >= 0.3 is 0 Å². The molecule has 0 aliphatic rings. The molecule has 2 aromatic carbocycles. The van der Waals surface area contributed by atoms with Crippen LogP contribution in [0.15, 0.2) is 48.5 Å². The number of non-ortho nitro benzene ring substituents is 1. The predicted octanol–water partition coefficient (Wildman–Crippen LogP) is 2.35. The maximum atomic E-state index is 12.9. The highest BCUT2D eigenvalue weighted by Crippen LogP contribution is 2.21. The third-order valence-corrected chi connectivity index (χ3v) is 3.98. The van der Waals surface area contributed by atoms with Crippen molar-refractivity contribution in [2.24, 2.45) is 0 Å². The van der Waals surface area contributed by atoms with Gasteiger partial charge in [0.05, 0.1) is 23.7 Å². The van der Waals surface area contributed by atoms with Gasteiger partial charge in [-0.05, 0) is 48.7 Å². The van der Waals surface area contributed by atoms with E-state index >= 15 is 0 Å². The van der Waals surface area contributed by atoms with Crippen LogP contribution in [0.25, 0.3) is 0 Å². The van der Waals surface area contributed by atoms with Crippen LogP contribution in [-0.4, -0.2) is 33.8 Å². The van der Waals surface area contributed by atoms with Crippen LogP contribution in [0.4, 0.5) is 10.1 Å². The van der Waals surface area contributed by atoms with E-state index in [1.807, 2.05) is 6.92 Å². The van der Waals surface area contributed by atoms with Crippen molar-refractivity contribution in [1.82, 2.24) is 5.32 Å². The van der Waals surface area contributed by atoms with Gasteiger partial charge in [0, 0.05) is 18.2 Å². The summed E-state index contributed by atoms with van der Waals surface area (Å²) in [6.45, 7) is 1.60. The van der Waals surface area contributed by atoms with Gasteiger partial charge in [0.15, 0.2) is 0 Å². The predicted molar refractivity (Wildman–Crippen MR) is 91.6 cm³/mol. The highest BCUT2D eigenvalue weighted by Gasteiger charge is 2.22. The highest BCUT2D eigenvalue weighted by atomic mass is 19.1. The molecule has 2 rings (SSSR count). The van der Waals surface area contributed by atoms with Crippen LogP contribution in [0, 0.1) is 15.9 Å². The maximum absolute atomic E-state index is 12.9. The Labute approximate surface area is 145 Å². The van der Waals surface area contributed by atoms with Crippen LogP contribution in [-0.2, 0) is 6.42 Å². The topological polar surface area (TPSA) is 95.6 Å². The summed E-state index contributed by atoms with van der Waals surface area (Å²) in [6.07, 6.45) is -0.412. The number of hydrogen-bond donors (Lipinski definition) is 3. The molecule has 0 spiro atoms. The number of nitrogens with one attached hydrogen (secondary N) is 1. The number of halogens is 1. The van der Waals surface area contributed by atoms with Gasteiger partial charge in [-0.1, -0.05) is 12.1 Å². The lowest BCUT2D eigenvalue weighted by Crippen LogP contribution is -2.44. The molecule has 0 fully saturated rings. The number of benzene rings is 2. The Bertz CT molecular complexity index is 691. The van der Waals surface area contributed by atoms with E-state index in [1.165, 1.54) is 36.4 Å². The molecule has 0 heterocycles. The van der Waals surface area contributed by atoms with E-state index < -0.39 is 17.1 Å². The van der Waals surface area contributed by atoms with Crippen molar-refractivity contribution >= 4 is 5.69 Å². The molecular weight excluding hydrogens is 327 g/mol. The van der Waals surface area contributed by atoms with Crippen molar-refractivity contribution in [2.45, 2.75) is 31.5 Å². The average Bonchev–Trinajstić information content (AvgIpc) is 2.61. The second-order valence-electron chi connectivity index (χ2n) is 5.98. The summed E-state index contributed by atoms with van der Waals surface area (Å²) in [5, 5.41) is 33.8. The lowest BCUT2D eigenvalue weighted by Gasteiger charge is -2.26. The molecular formula is C18H21FN2O4. The molecule has 134 valence electrons. The molecule has 25 heavy (non-hydrogen) atoms. The largest absolute Gasteiger partial charge is 0.395 e. The number of aliphatic hydroxyl groups is 2. The van der Waals surface area contributed by atoms with Crippen LogP contribution < -0.4 is 5.32 Å². The summed E-state index contributed by atoms with van der Waals surface area (Å²) >= 11 is 0. The fraction of sp³-hybridized carbons (Fsp3) is 0.333. The van der Waals surface area contributed by atoms with Gasteiger partial charge in [-0.25, -0.2) is 4.39 Å². The van der Waals surface area contributed by atoms with E-state index in [4.69, 9.17) is 0 Å². The molecule has 0 saturated carbocycles. The lowest BCUT2D eigenvalue weighted by atomic mass is 10.00. The van der Waals surface area contributed by atoms with Gasteiger partial charge in [0.1, 0.15) is 5.82 Å². The van der Waals surface area contributed by atoms with Gasteiger partial charge in [-0.2, -0.15) is 0 Å². The zero-order chi connectivity index (χ0) is 18.4. The van der Waals surface area contributed by atoms with Gasteiger partial charge in [0.2, 0.25) is 0 Å². The van der Waals surface area contributed by atoms with Crippen molar-refractivity contribution in [3.63, 3.8) is 0 Å². The molecule has 3 N–H and O–H groups in total. The fourth-order valence-corrected chi connectivity index (χ4v) is 2.67. The molecule has 3 atom stereocenters. The van der Waals surface area contributed by atoms with Crippen LogP contribution in [0.2, 0.25) is 0 Å². The summed E-state index contributed by atoms with van der Waals surface area (Å²) in [4.78, 5) is 10.2. The van der Waals surface area contributed by atoms with Crippen LogP contribution in [0.5, 0.6) is 0 Å². The Morgan fingerprint density at radius 1 is 1.16 bits per heavy atom. The zero-order valence-electron chi connectivity index (χ0n) is 13.8. The summed E-state index contributed by atoms with van der Waals surface area (Å²) < 4.78 is 12.9. The van der Waals surface area contributed by atoms with E-state index in [0.29, 0.717) is 12.0 Å². The summed E-state index contributed by atoms with van der Waals surface area (Å²) in [7, 11) is 0. The van der Waals surface area contributed by atoms with Crippen molar-refractivity contribution < 1.29 is 19.5 Å². The van der Waals surface area contributed by atoms with E-state index in [2.05, 4.69) is 5.32 Å². The minimum atomic E-state index is -1.01. The number of hydrogen-bond acceptors (Lipinski definition) is 5. The third kappa shape index (κ3) is 5.32. The van der Waals surface area contributed by atoms with Crippen molar-refractivity contribution in [1.29, 1.82) is 0 Å². The molecule has 0 bridgehead atoms. The second kappa shape index (κ2) is 8.66. The Hall–Kier alpha value is -2.35. The smallest absolute Gasteiger partial charge is 0.269 e. The minimum Gasteiger partial charge on any atom is -0.395 e. The van der Waals surface area contributed by atoms with Gasteiger partial charge in [-0.3, -0.25) is 10.1 Å². The Morgan fingerprint density at radius 3 is 2.28 bits per heavy atom. The third-order valence-electron chi connectivity index (χ3n) is 3.98. The molecule has 7 heteroatoms. The average molecular weight is 348 g/mol. The number of nitrogens with zero attached hydrogens (tertiary/aromatic N) is 1. The molecule has 0 amide bonds. The molecule has 0 saturated heterocycles. The second-order valence-corrected chi connectivity index (χ2v) is 5.98. The molecule has 0 aliphatic heterocycles. The summed E-state index contributed by atoms with van der Waals surface area (Å²) in [5.41, 5.74) is 1.35. The molecule has 6 nitrogen and oxygen atoms in total. The number of nitro groups is 1. The first-order valence-electron chi connectivity index (χ1n) is 7.94. The van der Waals surface area contributed by atoms with Crippen molar-refractivity contribution in [3.05, 3.63) is 75.6 Å². The number of nitro benzene ring substituents is 1. The first kappa shape index (κ1) is 19.0. The SMILES string of the molecule is CC(Cc1ccc(F)cc1)NC(CO)C(O)c1ccc([N+](=O)[O-])cc1. The van der Waals surface area contributed by atoms with E-state index in [1.54, 1.807) is 12.1 Å². The molecule has 0 aliphatic carbocycles. The Morgan fingerprint density at radius 2 is 1.76 bits per heavy atom. The molecule has 0 radical (unpaired) electrons. The normalized spacial score (nSPS) is 14.7. The fourth-order valence-electron chi connectivity index (χ4n) is 2.67. The van der Waals surface area contributed by atoms with E-state index in [-0.39, 0.29) is 24.2 Å². The number of rotatable bonds is 8. The lowest BCUT2D eigenvalue weighted by molar-refractivity contribution is -0.384. The highest BCUT2D eigenvalue weighted by molar-refractivity contribution is 5.34. The summed E-state index contributed by atoms with van der Waals surface area (Å²) in [5.74, 6) is -0.300. The van der Waals surface area contributed by atoms with Crippen LogP contribution in [0.3, 0.4) is 0 Å². The minimum absolute atomic E-state index is 0.0610. The van der Waals surface area contributed by atoms with Crippen molar-refractivity contribution in [3.8, 4) is 0 Å². The quantitative estimate of drug-likeness (QED) is 0.503. The molecule has 3 unspecified atom stereocenters. The van der Waals surface area contributed by atoms with Gasteiger partial charge in [0.25, 0.3) is 5.69 Å². The molecule has 2 aromatic rings. The first-order chi connectivity index (χ1) is 11.9. The van der Waals surface area contributed by atoms with Crippen LogP contribution >= 0.6 is 0 Å². The Kier molecular flexibility index (Phi) is 6.58. The monoisotopic (exact) mass is 348 g/mol.